The maximum Gasteiger partial charge on any atom is 0.255 e. The molecule has 2 unspecified atom stereocenters. The molecule has 1 aromatic carbocycles. The van der Waals surface area contributed by atoms with Crippen molar-refractivity contribution in [2.45, 2.75) is 26.3 Å². The van der Waals surface area contributed by atoms with Gasteiger partial charge in [-0.1, -0.05) is 18.6 Å². The summed E-state index contributed by atoms with van der Waals surface area (Å²) in [6.07, 6.45) is 0.819. The summed E-state index contributed by atoms with van der Waals surface area (Å²) in [5.41, 5.74) is 1.30. The van der Waals surface area contributed by atoms with E-state index in [-0.39, 0.29) is 17.7 Å². The van der Waals surface area contributed by atoms with Gasteiger partial charge in [-0.15, -0.1) is 0 Å². The molecule has 1 heterocycles. The lowest BCUT2D eigenvalue weighted by atomic mass is 9.97. The van der Waals surface area contributed by atoms with Gasteiger partial charge in [0, 0.05) is 12.6 Å². The van der Waals surface area contributed by atoms with E-state index in [2.05, 4.69) is 12.2 Å². The van der Waals surface area contributed by atoms with Crippen LogP contribution >= 0.6 is 0 Å². The van der Waals surface area contributed by atoms with Crippen molar-refractivity contribution in [1.29, 1.82) is 0 Å². The highest BCUT2D eigenvalue weighted by Gasteiger charge is 2.24. The van der Waals surface area contributed by atoms with Gasteiger partial charge in [-0.05, 0) is 31.4 Å². The lowest BCUT2D eigenvalue weighted by molar-refractivity contribution is 0.0374. The quantitative estimate of drug-likeness (QED) is 0.841. The molecule has 2 N–H and O–H groups in total. The number of amides is 1. The highest BCUT2D eigenvalue weighted by molar-refractivity contribution is 5.97. The van der Waals surface area contributed by atoms with Crippen LogP contribution in [-0.2, 0) is 4.74 Å². The van der Waals surface area contributed by atoms with E-state index in [4.69, 9.17) is 4.74 Å². The van der Waals surface area contributed by atoms with E-state index in [1.807, 2.05) is 6.92 Å². The SMILES string of the molecule is Cc1ccc(O)c(C(=O)NC2CCOCC2C)c1. The second-order valence-electron chi connectivity index (χ2n) is 4.94. The molecule has 98 valence electrons. The Morgan fingerprint density at radius 1 is 1.50 bits per heavy atom. The number of phenolic OH excluding ortho intramolecular Hbond substituents is 1. The standard InChI is InChI=1S/C14H19NO3/c1-9-3-4-13(16)11(7-9)14(17)15-12-5-6-18-8-10(12)2/h3-4,7,10,12,16H,5-6,8H2,1-2H3,(H,15,17). The van der Waals surface area contributed by atoms with E-state index in [0.29, 0.717) is 24.7 Å². The Kier molecular flexibility index (Phi) is 3.87. The van der Waals surface area contributed by atoms with Crippen molar-refractivity contribution in [1.82, 2.24) is 5.32 Å². The van der Waals surface area contributed by atoms with Crippen molar-refractivity contribution in [3.63, 3.8) is 0 Å². The Morgan fingerprint density at radius 2 is 2.28 bits per heavy atom. The van der Waals surface area contributed by atoms with Gasteiger partial charge in [0.1, 0.15) is 5.75 Å². The van der Waals surface area contributed by atoms with Crippen molar-refractivity contribution in [2.24, 2.45) is 5.92 Å². The highest BCUT2D eigenvalue weighted by atomic mass is 16.5. The van der Waals surface area contributed by atoms with Crippen molar-refractivity contribution < 1.29 is 14.6 Å². The molecule has 0 spiro atoms. The van der Waals surface area contributed by atoms with Gasteiger partial charge in [0.15, 0.2) is 0 Å². The average molecular weight is 249 g/mol. The monoisotopic (exact) mass is 249 g/mol. The average Bonchev–Trinajstić information content (AvgIpc) is 2.35. The van der Waals surface area contributed by atoms with Crippen molar-refractivity contribution in [3.8, 4) is 5.75 Å². The number of hydrogen-bond donors (Lipinski definition) is 2. The predicted molar refractivity (Wildman–Crippen MR) is 68.7 cm³/mol. The van der Waals surface area contributed by atoms with Gasteiger partial charge < -0.3 is 15.2 Å². The number of hydrogen-bond acceptors (Lipinski definition) is 3. The van der Waals surface area contributed by atoms with Gasteiger partial charge in [-0.25, -0.2) is 0 Å². The summed E-state index contributed by atoms with van der Waals surface area (Å²) in [5.74, 6) is 0.113. The fourth-order valence-electron chi connectivity index (χ4n) is 2.17. The van der Waals surface area contributed by atoms with Gasteiger partial charge in [0.05, 0.1) is 12.2 Å². The van der Waals surface area contributed by atoms with Gasteiger partial charge in [-0.3, -0.25) is 4.79 Å². The number of carbonyl (C=O) groups excluding carboxylic acids is 1. The van der Waals surface area contributed by atoms with Crippen LogP contribution in [0.5, 0.6) is 5.75 Å². The molecule has 1 amide bonds. The Labute approximate surface area is 107 Å². The molecule has 18 heavy (non-hydrogen) atoms. The molecule has 1 aliphatic heterocycles. The third-order valence-corrected chi connectivity index (χ3v) is 3.35. The Bertz CT molecular complexity index is 445. The Balaban J connectivity index is 2.09. The number of benzene rings is 1. The summed E-state index contributed by atoms with van der Waals surface area (Å²) >= 11 is 0. The van der Waals surface area contributed by atoms with Crippen LogP contribution in [0.2, 0.25) is 0 Å². The minimum absolute atomic E-state index is 0.0258. The molecule has 0 saturated carbocycles. The number of aryl methyl sites for hydroxylation is 1. The minimum atomic E-state index is -0.213. The maximum atomic E-state index is 12.1. The molecule has 2 rings (SSSR count). The molecule has 4 nitrogen and oxygen atoms in total. The second-order valence-corrected chi connectivity index (χ2v) is 4.94. The largest absolute Gasteiger partial charge is 0.507 e. The second kappa shape index (κ2) is 5.40. The van der Waals surface area contributed by atoms with Crippen LogP contribution in [0.15, 0.2) is 18.2 Å². The fourth-order valence-corrected chi connectivity index (χ4v) is 2.17. The van der Waals surface area contributed by atoms with Crippen molar-refractivity contribution in [3.05, 3.63) is 29.3 Å². The number of phenols is 1. The van der Waals surface area contributed by atoms with Gasteiger partial charge in [0.2, 0.25) is 0 Å². The highest BCUT2D eigenvalue weighted by Crippen LogP contribution is 2.20. The lowest BCUT2D eigenvalue weighted by Gasteiger charge is -2.29. The van der Waals surface area contributed by atoms with E-state index in [1.54, 1.807) is 18.2 Å². The molecule has 0 aliphatic carbocycles. The van der Waals surface area contributed by atoms with E-state index in [0.717, 1.165) is 12.0 Å². The number of nitrogens with one attached hydrogen (secondary N) is 1. The first-order valence-corrected chi connectivity index (χ1v) is 6.26. The smallest absolute Gasteiger partial charge is 0.255 e. The fraction of sp³-hybridized carbons (Fsp3) is 0.500. The van der Waals surface area contributed by atoms with Gasteiger partial charge in [0.25, 0.3) is 5.91 Å². The topological polar surface area (TPSA) is 58.6 Å². The van der Waals surface area contributed by atoms with Crippen LogP contribution in [-0.4, -0.2) is 30.3 Å². The van der Waals surface area contributed by atoms with Crippen LogP contribution in [0.4, 0.5) is 0 Å². The van der Waals surface area contributed by atoms with Crippen LogP contribution in [0, 0.1) is 12.8 Å². The summed E-state index contributed by atoms with van der Waals surface area (Å²) < 4.78 is 5.34. The molecule has 1 saturated heterocycles. The van der Waals surface area contributed by atoms with Crippen LogP contribution in [0.1, 0.15) is 29.3 Å². The lowest BCUT2D eigenvalue weighted by Crippen LogP contribution is -2.44. The third-order valence-electron chi connectivity index (χ3n) is 3.35. The number of aromatic hydroxyl groups is 1. The van der Waals surface area contributed by atoms with Gasteiger partial charge in [-0.2, -0.15) is 0 Å². The Hall–Kier alpha value is -1.55. The molecular weight excluding hydrogens is 230 g/mol. The van der Waals surface area contributed by atoms with E-state index >= 15 is 0 Å². The summed E-state index contributed by atoms with van der Waals surface area (Å²) in [7, 11) is 0. The summed E-state index contributed by atoms with van der Waals surface area (Å²) in [6, 6.07) is 5.15. The van der Waals surface area contributed by atoms with Crippen LogP contribution in [0.3, 0.4) is 0 Å². The Morgan fingerprint density at radius 3 is 3.00 bits per heavy atom. The van der Waals surface area contributed by atoms with E-state index in [1.165, 1.54) is 0 Å². The van der Waals surface area contributed by atoms with Gasteiger partial charge >= 0.3 is 0 Å². The molecule has 2 atom stereocenters. The van der Waals surface area contributed by atoms with Crippen molar-refractivity contribution in [2.75, 3.05) is 13.2 Å². The number of rotatable bonds is 2. The molecule has 0 radical (unpaired) electrons. The molecule has 1 fully saturated rings. The van der Waals surface area contributed by atoms with E-state index in [9.17, 15) is 9.90 Å². The maximum absolute atomic E-state index is 12.1. The first-order chi connectivity index (χ1) is 8.58. The summed E-state index contributed by atoms with van der Waals surface area (Å²) in [5, 5.41) is 12.7. The zero-order chi connectivity index (χ0) is 13.1. The third kappa shape index (κ3) is 2.82. The summed E-state index contributed by atoms with van der Waals surface area (Å²) in [6.45, 7) is 5.30. The predicted octanol–water partition coefficient (Wildman–Crippen LogP) is 1.86. The molecular formula is C14H19NO3. The molecule has 0 bridgehead atoms. The first kappa shape index (κ1) is 12.9. The zero-order valence-electron chi connectivity index (χ0n) is 10.8. The van der Waals surface area contributed by atoms with Crippen LogP contribution < -0.4 is 5.32 Å². The molecule has 0 aromatic heterocycles. The first-order valence-electron chi connectivity index (χ1n) is 6.26. The van der Waals surface area contributed by atoms with E-state index < -0.39 is 0 Å². The number of carbonyl (C=O) groups is 1. The molecule has 1 aliphatic rings. The van der Waals surface area contributed by atoms with Crippen LogP contribution in [0.25, 0.3) is 0 Å². The van der Waals surface area contributed by atoms with Crippen molar-refractivity contribution >= 4 is 5.91 Å². The zero-order valence-corrected chi connectivity index (χ0v) is 10.8. The molecule has 1 aromatic rings. The molecule has 4 heteroatoms. The minimum Gasteiger partial charge on any atom is -0.507 e. The normalized spacial score (nSPS) is 23.7. The summed E-state index contributed by atoms with van der Waals surface area (Å²) in [4.78, 5) is 12.1. The number of ether oxygens (including phenoxy) is 1.